The van der Waals surface area contributed by atoms with Crippen LogP contribution in [0.1, 0.15) is 30.5 Å². The summed E-state index contributed by atoms with van der Waals surface area (Å²) in [4.78, 5) is 15.1. The van der Waals surface area contributed by atoms with Crippen LogP contribution in [0.4, 0.5) is 10.1 Å². The van der Waals surface area contributed by atoms with Crippen LogP contribution < -0.4 is 14.4 Å². The molecule has 0 fully saturated rings. The largest absolute Gasteiger partial charge is 0.493 e. The zero-order valence-electron chi connectivity index (χ0n) is 18.8. The van der Waals surface area contributed by atoms with E-state index in [1.165, 1.54) is 12.1 Å². The first-order chi connectivity index (χ1) is 15.9. The van der Waals surface area contributed by atoms with Gasteiger partial charge in [-0.3, -0.25) is 4.79 Å². The van der Waals surface area contributed by atoms with Crippen LogP contribution in [0.5, 0.6) is 11.5 Å². The van der Waals surface area contributed by atoms with Gasteiger partial charge in [-0.05, 0) is 69.4 Å². The number of carbonyl (C=O) groups is 1. The van der Waals surface area contributed by atoms with Gasteiger partial charge in [0.2, 0.25) is 0 Å². The third-order valence-electron chi connectivity index (χ3n) is 5.37. The van der Waals surface area contributed by atoms with E-state index in [1.54, 1.807) is 19.2 Å². The summed E-state index contributed by atoms with van der Waals surface area (Å²) in [6.07, 6.45) is 1.89. The van der Waals surface area contributed by atoms with E-state index in [0.29, 0.717) is 34.0 Å². The van der Waals surface area contributed by atoms with Gasteiger partial charge in [0.05, 0.1) is 17.3 Å². The van der Waals surface area contributed by atoms with Crippen LogP contribution in [-0.4, -0.2) is 19.6 Å². The number of methoxy groups -OCH3 is 1. The highest BCUT2D eigenvalue weighted by Gasteiger charge is 2.32. The summed E-state index contributed by atoms with van der Waals surface area (Å²) in [5, 5.41) is 0. The highest BCUT2D eigenvalue weighted by molar-refractivity contribution is 9.10. The molecule has 1 aliphatic heterocycles. The van der Waals surface area contributed by atoms with Crippen LogP contribution in [0.3, 0.4) is 0 Å². The Labute approximate surface area is 201 Å². The van der Waals surface area contributed by atoms with Crippen molar-refractivity contribution < 1.29 is 18.7 Å². The summed E-state index contributed by atoms with van der Waals surface area (Å²) in [6.45, 7) is 5.14. The lowest BCUT2D eigenvalue weighted by atomic mass is 10.0. The topological polar surface area (TPSA) is 38.8 Å². The molecule has 0 radical (unpaired) electrons. The number of benzene rings is 3. The van der Waals surface area contributed by atoms with Gasteiger partial charge in [0.15, 0.2) is 11.5 Å². The number of ether oxygens (including phenoxy) is 2. The Morgan fingerprint density at radius 2 is 1.82 bits per heavy atom. The van der Waals surface area contributed by atoms with Crippen LogP contribution in [0.2, 0.25) is 0 Å². The quantitative estimate of drug-likeness (QED) is 0.332. The summed E-state index contributed by atoms with van der Waals surface area (Å²) >= 11 is 3.58. The molecule has 0 N–H and O–H groups in total. The number of nitrogens with zero attached hydrogens (tertiary/aromatic N) is 1. The van der Waals surface area contributed by atoms with Crippen molar-refractivity contribution in [3.8, 4) is 11.5 Å². The van der Waals surface area contributed by atoms with Crippen molar-refractivity contribution in [2.24, 2.45) is 5.92 Å². The van der Waals surface area contributed by atoms with Gasteiger partial charge in [-0.25, -0.2) is 4.39 Å². The predicted octanol–water partition coefficient (Wildman–Crippen LogP) is 6.72. The summed E-state index contributed by atoms with van der Waals surface area (Å²) < 4.78 is 25.4. The van der Waals surface area contributed by atoms with Gasteiger partial charge in [-0.2, -0.15) is 0 Å². The Morgan fingerprint density at radius 3 is 2.52 bits per heavy atom. The molecule has 0 bridgehead atoms. The predicted molar refractivity (Wildman–Crippen MR) is 133 cm³/mol. The lowest BCUT2D eigenvalue weighted by Crippen LogP contribution is -2.30. The molecule has 6 heteroatoms. The van der Waals surface area contributed by atoms with E-state index in [1.807, 2.05) is 47.4 Å². The molecule has 3 aromatic carbocycles. The Hall–Kier alpha value is -3.12. The first-order valence-corrected chi connectivity index (χ1v) is 11.5. The number of hydrogen-bond donors (Lipinski definition) is 0. The van der Waals surface area contributed by atoms with Crippen molar-refractivity contribution in [2.45, 2.75) is 20.5 Å². The van der Waals surface area contributed by atoms with E-state index in [4.69, 9.17) is 9.47 Å². The molecule has 0 saturated carbocycles. The van der Waals surface area contributed by atoms with E-state index in [0.717, 1.165) is 22.4 Å². The minimum absolute atomic E-state index is 0.00312. The Kier molecular flexibility index (Phi) is 6.84. The van der Waals surface area contributed by atoms with Gasteiger partial charge in [0, 0.05) is 17.7 Å². The van der Waals surface area contributed by atoms with Crippen molar-refractivity contribution in [3.63, 3.8) is 0 Å². The number of rotatable bonds is 7. The monoisotopic (exact) mass is 509 g/mol. The molecule has 170 valence electrons. The lowest BCUT2D eigenvalue weighted by Gasteiger charge is -2.19. The smallest absolute Gasteiger partial charge is 0.259 e. The van der Waals surface area contributed by atoms with E-state index >= 15 is 0 Å². The molecule has 0 saturated heterocycles. The van der Waals surface area contributed by atoms with E-state index in [9.17, 15) is 9.18 Å². The normalized spacial score (nSPS) is 14.2. The molecule has 1 aliphatic rings. The maximum absolute atomic E-state index is 13.3. The molecule has 1 amide bonds. The van der Waals surface area contributed by atoms with Crippen LogP contribution in [0, 0.1) is 11.7 Å². The Morgan fingerprint density at radius 1 is 1.09 bits per heavy atom. The van der Waals surface area contributed by atoms with Gasteiger partial charge in [-0.15, -0.1) is 0 Å². The fourth-order valence-corrected chi connectivity index (χ4v) is 4.43. The second kappa shape index (κ2) is 9.79. The Bertz CT molecular complexity index is 1200. The lowest BCUT2D eigenvalue weighted by molar-refractivity contribution is -0.113. The van der Waals surface area contributed by atoms with Crippen molar-refractivity contribution >= 4 is 39.2 Å². The average molecular weight is 510 g/mol. The molecule has 3 aromatic rings. The SMILES string of the molecule is COc1cc(/C=C2\C(=O)N(CC(C)C)c3ccccc32)cc(Br)c1OCc1ccc(F)cc1. The fraction of sp³-hybridized carbons (Fsp3) is 0.222. The van der Waals surface area contributed by atoms with Crippen LogP contribution in [-0.2, 0) is 11.4 Å². The first kappa shape index (κ1) is 23.1. The van der Waals surface area contributed by atoms with E-state index < -0.39 is 0 Å². The van der Waals surface area contributed by atoms with E-state index in [2.05, 4.69) is 29.8 Å². The van der Waals surface area contributed by atoms with E-state index in [-0.39, 0.29) is 18.3 Å². The standard InChI is InChI=1S/C27H25BrFNO3/c1-17(2)15-30-24-7-5-4-6-21(24)22(27(30)31)12-19-13-23(28)26(25(14-19)32-3)33-16-18-8-10-20(29)11-9-18/h4-14,17H,15-16H2,1-3H3/b22-12-. The maximum Gasteiger partial charge on any atom is 0.259 e. The summed E-state index contributed by atoms with van der Waals surface area (Å²) in [7, 11) is 1.57. The third-order valence-corrected chi connectivity index (χ3v) is 5.96. The highest BCUT2D eigenvalue weighted by atomic mass is 79.9. The first-order valence-electron chi connectivity index (χ1n) is 10.7. The van der Waals surface area contributed by atoms with Crippen LogP contribution >= 0.6 is 15.9 Å². The molecule has 4 rings (SSSR count). The number of amides is 1. The number of carbonyl (C=O) groups excluding carboxylic acids is 1. The number of anilines is 1. The number of para-hydroxylation sites is 1. The highest BCUT2D eigenvalue weighted by Crippen LogP contribution is 2.41. The molecule has 4 nitrogen and oxygen atoms in total. The van der Waals surface area contributed by atoms with Crippen molar-refractivity contribution in [2.75, 3.05) is 18.6 Å². The van der Waals surface area contributed by atoms with Crippen molar-refractivity contribution in [1.29, 1.82) is 0 Å². The molecule has 0 spiro atoms. The fourth-order valence-electron chi connectivity index (χ4n) is 3.86. The van der Waals surface area contributed by atoms with Gasteiger partial charge in [-0.1, -0.05) is 44.2 Å². The minimum Gasteiger partial charge on any atom is -0.493 e. The molecule has 0 atom stereocenters. The molecule has 33 heavy (non-hydrogen) atoms. The number of hydrogen-bond acceptors (Lipinski definition) is 3. The Balaban J connectivity index is 1.65. The van der Waals surface area contributed by atoms with Gasteiger partial charge in [0.1, 0.15) is 12.4 Å². The molecule has 0 unspecified atom stereocenters. The second-order valence-electron chi connectivity index (χ2n) is 8.33. The number of halogens is 2. The van der Waals surface area contributed by atoms with Gasteiger partial charge in [0.25, 0.3) is 5.91 Å². The minimum atomic E-state index is -0.287. The summed E-state index contributed by atoms with van der Waals surface area (Å²) in [6, 6.07) is 17.8. The maximum atomic E-state index is 13.3. The molecular weight excluding hydrogens is 485 g/mol. The summed E-state index contributed by atoms with van der Waals surface area (Å²) in [5.41, 5.74) is 4.18. The molecule has 1 heterocycles. The van der Waals surface area contributed by atoms with Gasteiger partial charge < -0.3 is 14.4 Å². The van der Waals surface area contributed by atoms with Gasteiger partial charge >= 0.3 is 0 Å². The number of fused-ring (bicyclic) bond motifs is 1. The summed E-state index contributed by atoms with van der Waals surface area (Å²) in [5.74, 6) is 1.15. The van der Waals surface area contributed by atoms with Crippen molar-refractivity contribution in [3.05, 3.63) is 87.6 Å². The zero-order chi connectivity index (χ0) is 23.5. The average Bonchev–Trinajstić information content (AvgIpc) is 3.04. The van der Waals surface area contributed by atoms with Crippen LogP contribution in [0.15, 0.2) is 65.1 Å². The molecular formula is C27H25BrFNO3. The van der Waals surface area contributed by atoms with Crippen molar-refractivity contribution in [1.82, 2.24) is 0 Å². The third kappa shape index (κ3) is 4.96. The zero-order valence-corrected chi connectivity index (χ0v) is 20.4. The molecule has 0 aliphatic carbocycles. The van der Waals surface area contributed by atoms with Crippen LogP contribution in [0.25, 0.3) is 11.6 Å². The molecule has 0 aromatic heterocycles. The second-order valence-corrected chi connectivity index (χ2v) is 9.19.